The minimum atomic E-state index is -4.30. The molecule has 0 atom stereocenters. The van der Waals surface area contributed by atoms with Crippen molar-refractivity contribution < 1.29 is 18.0 Å². The van der Waals surface area contributed by atoms with Gasteiger partial charge in [0, 0.05) is 6.04 Å². The lowest BCUT2D eigenvalue weighted by atomic mass is 10.1. The van der Waals surface area contributed by atoms with Gasteiger partial charge >= 0.3 is 6.18 Å². The molecular weight excluding hydrogens is 183 g/mol. The maximum atomic E-state index is 11.9. The van der Waals surface area contributed by atoms with Crippen molar-refractivity contribution >= 4 is 6.41 Å². The molecule has 13 heavy (non-hydrogen) atoms. The van der Waals surface area contributed by atoms with Crippen molar-refractivity contribution in [1.29, 1.82) is 0 Å². The molecule has 0 saturated heterocycles. The highest BCUT2D eigenvalue weighted by Crippen LogP contribution is 2.18. The Morgan fingerprint density at radius 3 is 2.00 bits per heavy atom. The van der Waals surface area contributed by atoms with E-state index in [1.165, 1.54) is 0 Å². The molecule has 0 fully saturated rings. The first-order valence-corrected chi connectivity index (χ1v) is 4.22. The first-order valence-electron chi connectivity index (χ1n) is 4.22. The summed E-state index contributed by atoms with van der Waals surface area (Å²) in [5.74, 6) is 0. The third kappa shape index (κ3) is 4.75. The molecule has 0 aromatic rings. The highest BCUT2D eigenvalue weighted by atomic mass is 19.4. The van der Waals surface area contributed by atoms with E-state index in [0.29, 0.717) is 12.8 Å². The minimum absolute atomic E-state index is 0.269. The number of nitrogens with zero attached hydrogens (tertiary/aromatic N) is 1. The maximum absolute atomic E-state index is 11.9. The number of hydrogen-bond donors (Lipinski definition) is 0. The zero-order valence-corrected chi connectivity index (χ0v) is 7.77. The fourth-order valence-electron chi connectivity index (χ4n) is 1.22. The average molecular weight is 197 g/mol. The van der Waals surface area contributed by atoms with Crippen LogP contribution in [-0.2, 0) is 4.79 Å². The molecule has 0 aromatic carbocycles. The second-order valence-electron chi connectivity index (χ2n) is 2.86. The average Bonchev–Trinajstić information content (AvgIpc) is 2.02. The second-order valence-corrected chi connectivity index (χ2v) is 2.86. The number of rotatable bonds is 5. The number of amides is 1. The molecule has 0 rings (SSSR count). The number of carbonyl (C=O) groups is 1. The largest absolute Gasteiger partial charge is 0.406 e. The van der Waals surface area contributed by atoms with Crippen LogP contribution in [0.3, 0.4) is 0 Å². The predicted octanol–water partition coefficient (Wildman–Crippen LogP) is 2.20. The van der Waals surface area contributed by atoms with Gasteiger partial charge in [0.15, 0.2) is 0 Å². The molecular formula is C8H14F3NO. The van der Waals surface area contributed by atoms with Crippen molar-refractivity contribution in [3.8, 4) is 0 Å². The van der Waals surface area contributed by atoms with Gasteiger partial charge in [-0.05, 0) is 12.8 Å². The van der Waals surface area contributed by atoms with Crippen molar-refractivity contribution in [2.75, 3.05) is 6.54 Å². The summed E-state index contributed by atoms with van der Waals surface area (Å²) < 4.78 is 35.8. The van der Waals surface area contributed by atoms with Gasteiger partial charge in [-0.3, -0.25) is 4.79 Å². The van der Waals surface area contributed by atoms with E-state index in [4.69, 9.17) is 0 Å². The highest BCUT2D eigenvalue weighted by molar-refractivity contribution is 5.47. The van der Waals surface area contributed by atoms with Crippen LogP contribution in [0.2, 0.25) is 0 Å². The smallest absolute Gasteiger partial charge is 0.333 e. The zero-order chi connectivity index (χ0) is 10.5. The van der Waals surface area contributed by atoms with Gasteiger partial charge in [0.1, 0.15) is 6.54 Å². The summed E-state index contributed by atoms with van der Waals surface area (Å²) in [6, 6.07) is -0.306. The fourth-order valence-corrected chi connectivity index (χ4v) is 1.22. The summed E-state index contributed by atoms with van der Waals surface area (Å²) in [6.07, 6.45) is -2.94. The number of halogens is 3. The third-order valence-corrected chi connectivity index (χ3v) is 1.91. The van der Waals surface area contributed by atoms with Crippen molar-refractivity contribution in [2.24, 2.45) is 0 Å². The van der Waals surface area contributed by atoms with Crippen LogP contribution in [0.25, 0.3) is 0 Å². The first-order chi connectivity index (χ1) is 5.94. The lowest BCUT2D eigenvalue weighted by molar-refractivity contribution is -0.158. The van der Waals surface area contributed by atoms with E-state index in [-0.39, 0.29) is 12.5 Å². The lowest BCUT2D eigenvalue weighted by Crippen LogP contribution is -2.40. The summed E-state index contributed by atoms with van der Waals surface area (Å²) in [7, 11) is 0. The van der Waals surface area contributed by atoms with Crippen LogP contribution < -0.4 is 0 Å². The van der Waals surface area contributed by atoms with E-state index in [9.17, 15) is 18.0 Å². The molecule has 0 radical (unpaired) electrons. The van der Waals surface area contributed by atoms with Crippen LogP contribution in [0.5, 0.6) is 0 Å². The summed E-state index contributed by atoms with van der Waals surface area (Å²) >= 11 is 0. The van der Waals surface area contributed by atoms with Crippen LogP contribution in [-0.4, -0.2) is 30.1 Å². The molecule has 0 spiro atoms. The number of alkyl halides is 3. The quantitative estimate of drug-likeness (QED) is 0.619. The van der Waals surface area contributed by atoms with Gasteiger partial charge in [0.05, 0.1) is 0 Å². The topological polar surface area (TPSA) is 20.3 Å². The molecule has 0 aliphatic heterocycles. The Morgan fingerprint density at radius 2 is 1.77 bits per heavy atom. The molecule has 0 aliphatic carbocycles. The van der Waals surface area contributed by atoms with Gasteiger partial charge in [-0.15, -0.1) is 0 Å². The number of hydrogen-bond acceptors (Lipinski definition) is 1. The standard InChI is InChI=1S/C8H14F3NO/c1-3-7(4-2)12(6-13)5-8(9,10)11/h6-7H,3-5H2,1-2H3. The van der Waals surface area contributed by atoms with Gasteiger partial charge < -0.3 is 4.90 Å². The zero-order valence-electron chi connectivity index (χ0n) is 7.77. The Bertz CT molecular complexity index is 154. The molecule has 78 valence electrons. The summed E-state index contributed by atoms with van der Waals surface area (Å²) in [4.78, 5) is 11.2. The normalized spacial score (nSPS) is 11.8. The SMILES string of the molecule is CCC(CC)N(C=O)CC(F)(F)F. The Balaban J connectivity index is 4.24. The Kier molecular flexibility index (Phi) is 4.80. The second kappa shape index (κ2) is 5.09. The predicted molar refractivity (Wildman–Crippen MR) is 43.2 cm³/mol. The Labute approximate surface area is 75.7 Å². The maximum Gasteiger partial charge on any atom is 0.406 e. The van der Waals surface area contributed by atoms with Gasteiger partial charge in [0.2, 0.25) is 6.41 Å². The molecule has 5 heteroatoms. The first kappa shape index (κ1) is 12.3. The van der Waals surface area contributed by atoms with Gasteiger partial charge in [-0.25, -0.2) is 0 Å². The summed E-state index contributed by atoms with van der Waals surface area (Å²) in [5.41, 5.74) is 0. The summed E-state index contributed by atoms with van der Waals surface area (Å²) in [6.45, 7) is 2.38. The Morgan fingerprint density at radius 1 is 1.31 bits per heavy atom. The molecule has 0 bridgehead atoms. The molecule has 0 N–H and O–H groups in total. The van der Waals surface area contributed by atoms with E-state index < -0.39 is 12.7 Å². The van der Waals surface area contributed by atoms with E-state index in [2.05, 4.69) is 0 Å². The molecule has 0 aliphatic rings. The van der Waals surface area contributed by atoms with Gasteiger partial charge in [0.25, 0.3) is 0 Å². The monoisotopic (exact) mass is 197 g/mol. The third-order valence-electron chi connectivity index (χ3n) is 1.91. The van der Waals surface area contributed by atoms with Crippen LogP contribution in [0.4, 0.5) is 13.2 Å². The van der Waals surface area contributed by atoms with E-state index >= 15 is 0 Å². The van der Waals surface area contributed by atoms with Crippen LogP contribution in [0.1, 0.15) is 26.7 Å². The molecule has 0 heterocycles. The van der Waals surface area contributed by atoms with Crippen molar-refractivity contribution in [3.05, 3.63) is 0 Å². The lowest BCUT2D eigenvalue weighted by Gasteiger charge is -2.27. The van der Waals surface area contributed by atoms with E-state index in [1.54, 1.807) is 13.8 Å². The highest BCUT2D eigenvalue weighted by Gasteiger charge is 2.32. The van der Waals surface area contributed by atoms with E-state index in [1.807, 2.05) is 0 Å². The van der Waals surface area contributed by atoms with Crippen molar-refractivity contribution in [1.82, 2.24) is 4.90 Å². The molecule has 0 aromatic heterocycles. The molecule has 2 nitrogen and oxygen atoms in total. The number of carbonyl (C=O) groups excluding carboxylic acids is 1. The van der Waals surface area contributed by atoms with Crippen molar-refractivity contribution in [2.45, 2.75) is 38.9 Å². The molecule has 0 unspecified atom stereocenters. The summed E-state index contributed by atoms with van der Waals surface area (Å²) in [5, 5.41) is 0. The van der Waals surface area contributed by atoms with Crippen LogP contribution >= 0.6 is 0 Å². The fraction of sp³-hybridized carbons (Fsp3) is 0.875. The van der Waals surface area contributed by atoms with E-state index in [0.717, 1.165) is 4.90 Å². The van der Waals surface area contributed by atoms with Gasteiger partial charge in [-0.2, -0.15) is 13.2 Å². The van der Waals surface area contributed by atoms with Crippen LogP contribution in [0.15, 0.2) is 0 Å². The molecule has 1 amide bonds. The van der Waals surface area contributed by atoms with Crippen LogP contribution in [0, 0.1) is 0 Å². The minimum Gasteiger partial charge on any atom is -0.333 e. The van der Waals surface area contributed by atoms with Crippen molar-refractivity contribution in [3.63, 3.8) is 0 Å². The molecule has 0 saturated carbocycles. The Hall–Kier alpha value is -0.740. The van der Waals surface area contributed by atoms with Gasteiger partial charge in [-0.1, -0.05) is 13.8 Å².